The van der Waals surface area contributed by atoms with Crippen molar-refractivity contribution in [2.24, 2.45) is 11.8 Å². The van der Waals surface area contributed by atoms with Gasteiger partial charge in [-0.1, -0.05) is 44.2 Å². The highest BCUT2D eigenvalue weighted by atomic mass is 16.3. The first kappa shape index (κ1) is 19.2. The zero-order chi connectivity index (χ0) is 19.2. The van der Waals surface area contributed by atoms with Gasteiger partial charge < -0.3 is 14.2 Å². The Morgan fingerprint density at radius 1 is 1.07 bits per heavy atom. The molecule has 3 rings (SSSR count). The van der Waals surface area contributed by atoms with Gasteiger partial charge in [0, 0.05) is 31.5 Å². The zero-order valence-corrected chi connectivity index (χ0v) is 16.1. The molecule has 0 bridgehead atoms. The van der Waals surface area contributed by atoms with Crippen LogP contribution in [0.3, 0.4) is 0 Å². The highest BCUT2D eigenvalue weighted by Crippen LogP contribution is 2.23. The second-order valence-corrected chi connectivity index (χ2v) is 7.51. The van der Waals surface area contributed by atoms with Crippen LogP contribution in [0.5, 0.6) is 0 Å². The molecule has 5 nitrogen and oxygen atoms in total. The fourth-order valence-corrected chi connectivity index (χ4v) is 3.58. The van der Waals surface area contributed by atoms with E-state index in [1.54, 1.807) is 6.26 Å². The van der Waals surface area contributed by atoms with Crippen LogP contribution < -0.4 is 0 Å². The summed E-state index contributed by atoms with van der Waals surface area (Å²) in [6, 6.07) is 13.8. The summed E-state index contributed by atoms with van der Waals surface area (Å²) in [7, 11) is 0. The van der Waals surface area contributed by atoms with Crippen molar-refractivity contribution in [3.8, 4) is 0 Å². The molecule has 0 radical (unpaired) electrons. The Kier molecular flexibility index (Phi) is 6.32. The van der Waals surface area contributed by atoms with Crippen LogP contribution in [0.1, 0.15) is 38.0 Å². The van der Waals surface area contributed by atoms with E-state index in [2.05, 4.69) is 0 Å². The fraction of sp³-hybridized carbons (Fsp3) is 0.455. The van der Waals surface area contributed by atoms with Gasteiger partial charge in [-0.3, -0.25) is 9.59 Å². The van der Waals surface area contributed by atoms with Crippen molar-refractivity contribution >= 4 is 11.8 Å². The van der Waals surface area contributed by atoms with Crippen molar-refractivity contribution in [2.45, 2.75) is 39.8 Å². The average Bonchev–Trinajstić information content (AvgIpc) is 3.20. The number of hydrogen-bond donors (Lipinski definition) is 0. The molecule has 27 heavy (non-hydrogen) atoms. The van der Waals surface area contributed by atoms with E-state index in [1.165, 1.54) is 0 Å². The minimum absolute atomic E-state index is 0.00535. The number of rotatable bonds is 6. The summed E-state index contributed by atoms with van der Waals surface area (Å²) in [4.78, 5) is 29.2. The molecule has 1 aliphatic heterocycles. The maximum absolute atomic E-state index is 13.2. The Morgan fingerprint density at radius 2 is 1.78 bits per heavy atom. The minimum Gasteiger partial charge on any atom is -0.467 e. The Balaban J connectivity index is 1.66. The van der Waals surface area contributed by atoms with Gasteiger partial charge in [-0.05, 0) is 30.5 Å². The standard InChI is InChI=1S/C22H28N2O3/c1-17(2)21(25)23-12-10-19(11-13-23)22(26)24(16-20-9-6-14-27-20)15-18-7-4-3-5-8-18/h3-9,14,17,19H,10-13,15-16H2,1-2H3. The molecule has 0 spiro atoms. The third-order valence-electron chi connectivity index (χ3n) is 5.10. The molecular weight excluding hydrogens is 340 g/mol. The van der Waals surface area contributed by atoms with Crippen LogP contribution in [0.4, 0.5) is 0 Å². The summed E-state index contributed by atoms with van der Waals surface area (Å²) in [5.74, 6) is 1.07. The van der Waals surface area contributed by atoms with Gasteiger partial charge in [0.2, 0.25) is 11.8 Å². The largest absolute Gasteiger partial charge is 0.467 e. The lowest BCUT2D eigenvalue weighted by Crippen LogP contribution is -2.45. The van der Waals surface area contributed by atoms with E-state index in [4.69, 9.17) is 4.42 Å². The number of furan rings is 1. The van der Waals surface area contributed by atoms with Crippen molar-refractivity contribution < 1.29 is 14.0 Å². The monoisotopic (exact) mass is 368 g/mol. The van der Waals surface area contributed by atoms with Gasteiger partial charge in [-0.15, -0.1) is 0 Å². The molecule has 0 aliphatic carbocycles. The first-order chi connectivity index (χ1) is 13.0. The van der Waals surface area contributed by atoms with Crippen LogP contribution in [0.2, 0.25) is 0 Å². The number of carbonyl (C=O) groups excluding carboxylic acids is 2. The number of amides is 2. The summed E-state index contributed by atoms with van der Waals surface area (Å²) in [5.41, 5.74) is 1.10. The van der Waals surface area contributed by atoms with Crippen molar-refractivity contribution in [1.82, 2.24) is 9.80 Å². The van der Waals surface area contributed by atoms with Gasteiger partial charge in [-0.25, -0.2) is 0 Å². The molecule has 2 heterocycles. The quantitative estimate of drug-likeness (QED) is 0.781. The Morgan fingerprint density at radius 3 is 2.37 bits per heavy atom. The lowest BCUT2D eigenvalue weighted by atomic mass is 9.94. The molecule has 1 aromatic heterocycles. The second-order valence-electron chi connectivity index (χ2n) is 7.51. The van der Waals surface area contributed by atoms with E-state index in [0.717, 1.165) is 24.2 Å². The molecule has 0 unspecified atom stereocenters. The van der Waals surface area contributed by atoms with Crippen molar-refractivity contribution in [3.63, 3.8) is 0 Å². The zero-order valence-electron chi connectivity index (χ0n) is 16.1. The summed E-state index contributed by atoms with van der Waals surface area (Å²) < 4.78 is 5.47. The predicted molar refractivity (Wildman–Crippen MR) is 104 cm³/mol. The molecule has 1 aromatic carbocycles. The van der Waals surface area contributed by atoms with Crippen molar-refractivity contribution in [2.75, 3.05) is 13.1 Å². The number of nitrogens with zero attached hydrogens (tertiary/aromatic N) is 2. The number of likely N-dealkylation sites (tertiary alicyclic amines) is 1. The molecule has 1 saturated heterocycles. The third-order valence-corrected chi connectivity index (χ3v) is 5.10. The molecule has 0 saturated carbocycles. The summed E-state index contributed by atoms with van der Waals surface area (Å²) in [6.45, 7) is 6.19. The molecule has 1 fully saturated rings. The minimum atomic E-state index is -0.0418. The van der Waals surface area contributed by atoms with Crippen LogP contribution >= 0.6 is 0 Å². The lowest BCUT2D eigenvalue weighted by Gasteiger charge is -2.35. The van der Waals surface area contributed by atoms with Gasteiger partial charge in [0.25, 0.3) is 0 Å². The highest BCUT2D eigenvalue weighted by Gasteiger charge is 2.31. The van der Waals surface area contributed by atoms with E-state index < -0.39 is 0 Å². The third kappa shape index (κ3) is 5.00. The van der Waals surface area contributed by atoms with Crippen LogP contribution in [0.15, 0.2) is 53.1 Å². The molecule has 144 valence electrons. The van der Waals surface area contributed by atoms with Crippen LogP contribution in [0.25, 0.3) is 0 Å². The van der Waals surface area contributed by atoms with E-state index in [9.17, 15) is 9.59 Å². The van der Waals surface area contributed by atoms with Crippen LogP contribution in [-0.2, 0) is 22.7 Å². The molecule has 0 atom stereocenters. The average molecular weight is 368 g/mol. The second kappa shape index (κ2) is 8.89. The first-order valence-corrected chi connectivity index (χ1v) is 9.68. The fourth-order valence-electron chi connectivity index (χ4n) is 3.58. The smallest absolute Gasteiger partial charge is 0.226 e. The Labute approximate surface area is 160 Å². The lowest BCUT2D eigenvalue weighted by molar-refractivity contribution is -0.143. The molecule has 5 heteroatoms. The van der Waals surface area contributed by atoms with E-state index in [-0.39, 0.29) is 23.7 Å². The summed E-state index contributed by atoms with van der Waals surface area (Å²) in [6.07, 6.45) is 3.08. The van der Waals surface area contributed by atoms with E-state index >= 15 is 0 Å². The maximum Gasteiger partial charge on any atom is 0.226 e. The number of piperidine rings is 1. The molecular formula is C22H28N2O3. The topological polar surface area (TPSA) is 53.8 Å². The van der Waals surface area contributed by atoms with E-state index in [0.29, 0.717) is 26.2 Å². The number of hydrogen-bond acceptors (Lipinski definition) is 3. The van der Waals surface area contributed by atoms with Gasteiger partial charge in [0.05, 0.1) is 12.8 Å². The van der Waals surface area contributed by atoms with Gasteiger partial charge in [0.1, 0.15) is 5.76 Å². The van der Waals surface area contributed by atoms with Crippen molar-refractivity contribution in [3.05, 3.63) is 60.1 Å². The van der Waals surface area contributed by atoms with Crippen molar-refractivity contribution in [1.29, 1.82) is 0 Å². The molecule has 0 N–H and O–H groups in total. The maximum atomic E-state index is 13.2. The molecule has 2 amide bonds. The normalized spacial score (nSPS) is 15.1. The van der Waals surface area contributed by atoms with E-state index in [1.807, 2.05) is 66.1 Å². The molecule has 2 aromatic rings. The Hall–Kier alpha value is -2.56. The van der Waals surface area contributed by atoms with Gasteiger partial charge in [-0.2, -0.15) is 0 Å². The first-order valence-electron chi connectivity index (χ1n) is 9.68. The highest BCUT2D eigenvalue weighted by molar-refractivity contribution is 5.81. The number of carbonyl (C=O) groups is 2. The van der Waals surface area contributed by atoms with Crippen LogP contribution in [0, 0.1) is 11.8 Å². The predicted octanol–water partition coefficient (Wildman–Crippen LogP) is 3.70. The SMILES string of the molecule is CC(C)C(=O)N1CCC(C(=O)N(Cc2ccccc2)Cc2ccco2)CC1. The summed E-state index contributed by atoms with van der Waals surface area (Å²) >= 11 is 0. The number of benzene rings is 1. The van der Waals surface area contributed by atoms with Crippen LogP contribution in [-0.4, -0.2) is 34.7 Å². The van der Waals surface area contributed by atoms with Gasteiger partial charge in [0.15, 0.2) is 0 Å². The summed E-state index contributed by atoms with van der Waals surface area (Å²) in [5, 5.41) is 0. The van der Waals surface area contributed by atoms with Gasteiger partial charge >= 0.3 is 0 Å². The molecule has 1 aliphatic rings. The Bertz CT molecular complexity index is 732.